The van der Waals surface area contributed by atoms with Crippen LogP contribution in [-0.2, 0) is 9.53 Å². The molecule has 0 saturated carbocycles. The molecule has 2 aromatic carbocycles. The number of carbonyl (C=O) groups excluding carboxylic acids is 1. The Morgan fingerprint density at radius 2 is 2.04 bits per heavy atom. The van der Waals surface area contributed by atoms with E-state index in [1.807, 2.05) is 38.1 Å². The van der Waals surface area contributed by atoms with Gasteiger partial charge in [0, 0.05) is 9.13 Å². The Morgan fingerprint density at radius 3 is 2.70 bits per heavy atom. The van der Waals surface area contributed by atoms with E-state index in [4.69, 9.17) is 25.8 Å². The van der Waals surface area contributed by atoms with Crippen molar-refractivity contribution < 1.29 is 19.0 Å². The van der Waals surface area contributed by atoms with Crippen molar-refractivity contribution in [3.8, 4) is 11.5 Å². The van der Waals surface area contributed by atoms with Crippen LogP contribution in [0.3, 0.4) is 0 Å². The maximum Gasteiger partial charge on any atom is 0.363 e. The predicted molar refractivity (Wildman–Crippen MR) is 114 cm³/mol. The molecule has 0 saturated heterocycles. The van der Waals surface area contributed by atoms with Gasteiger partial charge in [-0.3, -0.25) is 0 Å². The molecule has 0 atom stereocenters. The summed E-state index contributed by atoms with van der Waals surface area (Å²) in [6, 6.07) is 11.0. The number of carbonyl (C=O) groups is 1. The van der Waals surface area contributed by atoms with E-state index in [2.05, 4.69) is 27.6 Å². The first kappa shape index (κ1) is 19.7. The van der Waals surface area contributed by atoms with Gasteiger partial charge in [0.1, 0.15) is 0 Å². The number of methoxy groups -OCH3 is 1. The van der Waals surface area contributed by atoms with E-state index in [1.54, 1.807) is 18.2 Å². The monoisotopic (exact) mass is 497 g/mol. The van der Waals surface area contributed by atoms with Gasteiger partial charge in [-0.05, 0) is 78.4 Å². The lowest BCUT2D eigenvalue weighted by atomic mass is 10.1. The van der Waals surface area contributed by atoms with Crippen LogP contribution < -0.4 is 9.47 Å². The summed E-state index contributed by atoms with van der Waals surface area (Å²) in [5.41, 5.74) is 1.60. The van der Waals surface area contributed by atoms with Crippen molar-refractivity contribution in [3.05, 3.63) is 61.8 Å². The number of ether oxygens (including phenoxy) is 3. The third-order valence-electron chi connectivity index (χ3n) is 3.60. The minimum atomic E-state index is -0.513. The van der Waals surface area contributed by atoms with Crippen LogP contribution in [0.5, 0.6) is 11.5 Å². The third-order valence-corrected chi connectivity index (χ3v) is 4.55. The zero-order valence-electron chi connectivity index (χ0n) is 15.0. The molecule has 1 aliphatic rings. The van der Waals surface area contributed by atoms with Crippen molar-refractivity contribution in [3.63, 3.8) is 0 Å². The number of benzene rings is 2. The average Bonchev–Trinajstić information content (AvgIpc) is 2.97. The van der Waals surface area contributed by atoms with Gasteiger partial charge in [0.2, 0.25) is 5.90 Å². The number of nitrogens with zero attached hydrogens (tertiary/aromatic N) is 1. The minimum Gasteiger partial charge on any atom is -0.493 e. The molecule has 1 heterocycles. The fourth-order valence-electron chi connectivity index (χ4n) is 2.49. The van der Waals surface area contributed by atoms with Crippen molar-refractivity contribution in [2.24, 2.45) is 4.99 Å². The number of halogens is 2. The summed E-state index contributed by atoms with van der Waals surface area (Å²) in [4.78, 5) is 16.5. The summed E-state index contributed by atoms with van der Waals surface area (Å²) in [5, 5.41) is 0.392. The molecule has 0 bridgehead atoms. The molecule has 0 amide bonds. The first-order valence-electron chi connectivity index (χ1n) is 8.20. The molecule has 0 fully saturated rings. The standard InChI is InChI=1S/C20H17ClINO4/c1-11(2)26-18-15(21)7-12(9-17(18)25-3)8-16-20(24)27-19(23-16)13-5-4-6-14(22)10-13/h4-11H,1-3H3. The van der Waals surface area contributed by atoms with Crippen molar-refractivity contribution in [2.45, 2.75) is 20.0 Å². The lowest BCUT2D eigenvalue weighted by molar-refractivity contribution is -0.129. The molecule has 3 rings (SSSR count). The molecule has 140 valence electrons. The second-order valence-corrected chi connectivity index (χ2v) is 7.70. The van der Waals surface area contributed by atoms with Gasteiger partial charge in [0.15, 0.2) is 17.2 Å². The Hall–Kier alpha value is -2.06. The van der Waals surface area contributed by atoms with E-state index < -0.39 is 5.97 Å². The number of esters is 1. The van der Waals surface area contributed by atoms with Crippen molar-refractivity contribution in [1.82, 2.24) is 0 Å². The summed E-state index contributed by atoms with van der Waals surface area (Å²) in [6.07, 6.45) is 1.56. The number of aliphatic imine (C=N–C) groups is 1. The predicted octanol–water partition coefficient (Wildman–Crippen LogP) is 5.08. The molecule has 0 aliphatic carbocycles. The summed E-state index contributed by atoms with van der Waals surface area (Å²) in [7, 11) is 1.53. The van der Waals surface area contributed by atoms with Gasteiger partial charge in [-0.2, -0.15) is 0 Å². The maximum absolute atomic E-state index is 12.2. The number of rotatable bonds is 5. The minimum absolute atomic E-state index is 0.0498. The van der Waals surface area contributed by atoms with Gasteiger partial charge in [-0.1, -0.05) is 17.7 Å². The van der Waals surface area contributed by atoms with E-state index in [0.717, 1.165) is 9.13 Å². The van der Waals surface area contributed by atoms with Crippen molar-refractivity contribution in [2.75, 3.05) is 7.11 Å². The first-order chi connectivity index (χ1) is 12.9. The molecule has 2 aromatic rings. The Balaban J connectivity index is 1.96. The zero-order valence-corrected chi connectivity index (χ0v) is 17.9. The SMILES string of the molecule is COc1cc(C=C2N=C(c3cccc(I)c3)OC2=O)cc(Cl)c1OC(C)C. The number of hydrogen-bond acceptors (Lipinski definition) is 5. The Kier molecular flexibility index (Phi) is 6.06. The largest absolute Gasteiger partial charge is 0.493 e. The van der Waals surface area contributed by atoms with Crippen LogP contribution in [0.4, 0.5) is 0 Å². The van der Waals surface area contributed by atoms with Crippen LogP contribution >= 0.6 is 34.2 Å². The Bertz CT molecular complexity index is 953. The highest BCUT2D eigenvalue weighted by molar-refractivity contribution is 14.1. The van der Waals surface area contributed by atoms with Crippen molar-refractivity contribution in [1.29, 1.82) is 0 Å². The fourth-order valence-corrected chi connectivity index (χ4v) is 3.29. The second-order valence-electron chi connectivity index (χ2n) is 6.05. The summed E-state index contributed by atoms with van der Waals surface area (Å²) >= 11 is 8.53. The van der Waals surface area contributed by atoms with Gasteiger partial charge in [-0.25, -0.2) is 9.79 Å². The molecular weight excluding hydrogens is 481 g/mol. The molecule has 0 spiro atoms. The van der Waals surface area contributed by atoms with Crippen LogP contribution in [0, 0.1) is 3.57 Å². The summed E-state index contributed by atoms with van der Waals surface area (Å²) in [6.45, 7) is 3.81. The molecule has 1 aliphatic heterocycles. The van der Waals surface area contributed by atoms with Gasteiger partial charge in [-0.15, -0.1) is 0 Å². The number of hydrogen-bond donors (Lipinski definition) is 0. The van der Waals surface area contributed by atoms with Crippen LogP contribution in [0.1, 0.15) is 25.0 Å². The van der Waals surface area contributed by atoms with Crippen LogP contribution in [0.25, 0.3) is 6.08 Å². The van der Waals surface area contributed by atoms with E-state index in [-0.39, 0.29) is 17.7 Å². The smallest absolute Gasteiger partial charge is 0.363 e. The topological polar surface area (TPSA) is 57.1 Å². The van der Waals surface area contributed by atoms with Gasteiger partial charge >= 0.3 is 5.97 Å². The highest BCUT2D eigenvalue weighted by Gasteiger charge is 2.24. The van der Waals surface area contributed by atoms with Gasteiger partial charge < -0.3 is 14.2 Å². The number of cyclic esters (lactones) is 1. The molecule has 27 heavy (non-hydrogen) atoms. The lowest BCUT2D eigenvalue weighted by Crippen LogP contribution is -2.07. The van der Waals surface area contributed by atoms with E-state index in [9.17, 15) is 4.79 Å². The Labute approximate surface area is 176 Å². The quantitative estimate of drug-likeness (QED) is 0.328. The second kappa shape index (κ2) is 8.31. The fraction of sp³-hybridized carbons (Fsp3) is 0.200. The molecule has 7 heteroatoms. The van der Waals surface area contributed by atoms with Gasteiger partial charge in [0.05, 0.1) is 18.2 Å². The molecule has 0 N–H and O–H groups in total. The third kappa shape index (κ3) is 4.62. The van der Waals surface area contributed by atoms with E-state index in [1.165, 1.54) is 7.11 Å². The molecule has 0 unspecified atom stereocenters. The molecule has 5 nitrogen and oxygen atoms in total. The molecule has 0 radical (unpaired) electrons. The summed E-state index contributed by atoms with van der Waals surface area (Å²) < 4.78 is 17.4. The first-order valence-corrected chi connectivity index (χ1v) is 9.65. The highest BCUT2D eigenvalue weighted by atomic mass is 127. The van der Waals surface area contributed by atoms with Crippen LogP contribution in [0.15, 0.2) is 47.1 Å². The van der Waals surface area contributed by atoms with E-state index in [0.29, 0.717) is 22.1 Å². The molecule has 0 aromatic heterocycles. The van der Waals surface area contributed by atoms with Gasteiger partial charge in [0.25, 0.3) is 0 Å². The Morgan fingerprint density at radius 1 is 1.26 bits per heavy atom. The normalized spacial score (nSPS) is 15.1. The van der Waals surface area contributed by atoms with Crippen molar-refractivity contribution >= 4 is 52.1 Å². The average molecular weight is 498 g/mol. The van der Waals surface area contributed by atoms with Crippen LogP contribution in [-0.4, -0.2) is 25.1 Å². The highest BCUT2D eigenvalue weighted by Crippen LogP contribution is 2.38. The van der Waals surface area contributed by atoms with Crippen LogP contribution in [0.2, 0.25) is 5.02 Å². The zero-order chi connectivity index (χ0) is 19.6. The lowest BCUT2D eigenvalue weighted by Gasteiger charge is -2.15. The summed E-state index contributed by atoms with van der Waals surface area (Å²) in [5.74, 6) is 0.716. The maximum atomic E-state index is 12.2. The van der Waals surface area contributed by atoms with E-state index >= 15 is 0 Å². The molecular formula is C20H17ClINO4.